The Kier molecular flexibility index (Phi) is 5.24. The van der Waals surface area contributed by atoms with Crippen LogP contribution in [0.4, 0.5) is 0 Å². The van der Waals surface area contributed by atoms with Gasteiger partial charge in [-0.2, -0.15) is 0 Å². The van der Waals surface area contributed by atoms with E-state index in [1.54, 1.807) is 0 Å². The summed E-state index contributed by atoms with van der Waals surface area (Å²) in [7, 11) is 0. The molecule has 102 valence electrons. The highest BCUT2D eigenvalue weighted by atomic mass is 16.3. The number of hydrogen-bond acceptors (Lipinski definition) is 2. The summed E-state index contributed by atoms with van der Waals surface area (Å²) in [5.41, 5.74) is 1.31. The minimum Gasteiger partial charge on any atom is -0.393 e. The van der Waals surface area contributed by atoms with Gasteiger partial charge >= 0.3 is 0 Å². The topological polar surface area (TPSA) is 49.3 Å². The van der Waals surface area contributed by atoms with Crippen molar-refractivity contribution in [2.75, 3.05) is 6.54 Å². The summed E-state index contributed by atoms with van der Waals surface area (Å²) in [5, 5.41) is 12.6. The van der Waals surface area contributed by atoms with Crippen LogP contribution in [0, 0.1) is 5.92 Å². The van der Waals surface area contributed by atoms with Gasteiger partial charge in [0.25, 0.3) is 0 Å². The lowest BCUT2D eigenvalue weighted by Crippen LogP contribution is -2.33. The molecule has 0 aromatic carbocycles. The Morgan fingerprint density at radius 2 is 2.22 bits per heavy atom. The van der Waals surface area contributed by atoms with Crippen LogP contribution >= 0.6 is 0 Å². The van der Waals surface area contributed by atoms with E-state index >= 15 is 0 Å². The first-order valence-electron chi connectivity index (χ1n) is 7.36. The Morgan fingerprint density at radius 1 is 1.33 bits per heavy atom. The fraction of sp³-hybridized carbons (Fsp3) is 0.800. The van der Waals surface area contributed by atoms with Crippen LogP contribution in [-0.4, -0.2) is 23.7 Å². The van der Waals surface area contributed by atoms with Crippen molar-refractivity contribution in [2.24, 2.45) is 5.92 Å². The summed E-state index contributed by atoms with van der Waals surface area (Å²) in [5.74, 6) is 0.626. The van der Waals surface area contributed by atoms with E-state index in [0.29, 0.717) is 12.3 Å². The highest BCUT2D eigenvalue weighted by Crippen LogP contribution is 2.24. The molecule has 0 heterocycles. The lowest BCUT2D eigenvalue weighted by Gasteiger charge is -2.26. The van der Waals surface area contributed by atoms with Crippen LogP contribution in [-0.2, 0) is 4.79 Å². The van der Waals surface area contributed by atoms with Gasteiger partial charge in [-0.3, -0.25) is 4.79 Å². The Morgan fingerprint density at radius 3 is 2.94 bits per heavy atom. The van der Waals surface area contributed by atoms with Crippen LogP contribution in [0.3, 0.4) is 0 Å². The molecule has 2 rings (SSSR count). The highest BCUT2D eigenvalue weighted by Gasteiger charge is 2.20. The van der Waals surface area contributed by atoms with Crippen LogP contribution in [0.1, 0.15) is 57.8 Å². The summed E-state index contributed by atoms with van der Waals surface area (Å²) in [6.07, 6.45) is 11.4. The van der Waals surface area contributed by atoms with Gasteiger partial charge in [-0.25, -0.2) is 0 Å². The third-order valence-electron chi connectivity index (χ3n) is 4.12. The normalized spacial score (nSPS) is 28.6. The first-order chi connectivity index (χ1) is 8.74. The second-order valence-corrected chi connectivity index (χ2v) is 5.78. The second-order valence-electron chi connectivity index (χ2n) is 5.78. The van der Waals surface area contributed by atoms with Crippen molar-refractivity contribution >= 4 is 5.91 Å². The lowest BCUT2D eigenvalue weighted by molar-refractivity contribution is -0.120. The minimum absolute atomic E-state index is 0.151. The average molecular weight is 251 g/mol. The highest BCUT2D eigenvalue weighted by molar-refractivity contribution is 5.78. The van der Waals surface area contributed by atoms with Gasteiger partial charge < -0.3 is 10.4 Å². The van der Waals surface area contributed by atoms with Gasteiger partial charge in [0.1, 0.15) is 0 Å². The molecule has 2 N–H and O–H groups in total. The molecule has 0 radical (unpaired) electrons. The summed E-state index contributed by atoms with van der Waals surface area (Å²) in [6, 6.07) is 0. The molecule has 2 aliphatic rings. The van der Waals surface area contributed by atoms with Crippen LogP contribution in [0.25, 0.3) is 0 Å². The molecule has 2 aliphatic carbocycles. The van der Waals surface area contributed by atoms with E-state index in [9.17, 15) is 9.90 Å². The minimum atomic E-state index is -0.151. The van der Waals surface area contributed by atoms with E-state index in [-0.39, 0.29) is 12.0 Å². The maximum Gasteiger partial charge on any atom is 0.224 e. The van der Waals surface area contributed by atoms with Crippen LogP contribution < -0.4 is 5.32 Å². The molecule has 0 aromatic heterocycles. The van der Waals surface area contributed by atoms with Gasteiger partial charge in [0, 0.05) is 13.0 Å². The SMILES string of the molecule is O=C(CC1=CCCCC1)NC[C@@H]1CCC[C@@H](O)C1. The Bertz CT molecular complexity index is 312. The number of aliphatic hydroxyl groups excluding tert-OH is 1. The molecule has 0 saturated heterocycles. The van der Waals surface area contributed by atoms with Crippen molar-refractivity contribution in [2.45, 2.75) is 63.9 Å². The van der Waals surface area contributed by atoms with Gasteiger partial charge in [-0.05, 0) is 50.9 Å². The van der Waals surface area contributed by atoms with E-state index in [0.717, 1.165) is 45.1 Å². The van der Waals surface area contributed by atoms with Crippen molar-refractivity contribution < 1.29 is 9.90 Å². The summed E-state index contributed by atoms with van der Waals surface area (Å²) < 4.78 is 0. The molecule has 0 aliphatic heterocycles. The zero-order valence-corrected chi connectivity index (χ0v) is 11.2. The molecule has 1 saturated carbocycles. The van der Waals surface area contributed by atoms with Crippen molar-refractivity contribution in [1.29, 1.82) is 0 Å². The fourth-order valence-electron chi connectivity index (χ4n) is 3.04. The van der Waals surface area contributed by atoms with Crippen LogP contribution in [0.15, 0.2) is 11.6 Å². The summed E-state index contributed by atoms with van der Waals surface area (Å²) in [6.45, 7) is 0.739. The average Bonchev–Trinajstić information content (AvgIpc) is 2.38. The third-order valence-corrected chi connectivity index (χ3v) is 4.12. The molecular weight excluding hydrogens is 226 g/mol. The van der Waals surface area contributed by atoms with E-state index in [2.05, 4.69) is 11.4 Å². The fourth-order valence-corrected chi connectivity index (χ4v) is 3.04. The van der Waals surface area contributed by atoms with Crippen molar-refractivity contribution in [3.63, 3.8) is 0 Å². The van der Waals surface area contributed by atoms with Crippen molar-refractivity contribution in [3.05, 3.63) is 11.6 Å². The number of aliphatic hydroxyl groups is 1. The number of allylic oxidation sites excluding steroid dienone is 1. The molecule has 0 aromatic rings. The molecule has 0 spiro atoms. The monoisotopic (exact) mass is 251 g/mol. The molecule has 1 amide bonds. The number of rotatable bonds is 4. The number of amides is 1. The molecule has 1 fully saturated rings. The number of carbonyl (C=O) groups excluding carboxylic acids is 1. The first kappa shape index (κ1) is 13.6. The molecule has 2 atom stereocenters. The largest absolute Gasteiger partial charge is 0.393 e. The Hall–Kier alpha value is -0.830. The zero-order valence-electron chi connectivity index (χ0n) is 11.2. The molecular formula is C15H25NO2. The maximum absolute atomic E-state index is 11.8. The predicted octanol–water partition coefficient (Wildman–Crippen LogP) is 2.54. The van der Waals surface area contributed by atoms with E-state index in [1.807, 2.05) is 0 Å². The lowest BCUT2D eigenvalue weighted by atomic mass is 9.87. The quantitative estimate of drug-likeness (QED) is 0.754. The predicted molar refractivity (Wildman–Crippen MR) is 72.1 cm³/mol. The third kappa shape index (κ3) is 4.45. The van der Waals surface area contributed by atoms with Crippen LogP contribution in [0.5, 0.6) is 0 Å². The van der Waals surface area contributed by atoms with Gasteiger partial charge in [-0.15, -0.1) is 0 Å². The standard InChI is InChI=1S/C15H25NO2/c17-14-8-4-7-13(9-14)11-16-15(18)10-12-5-2-1-3-6-12/h5,13-14,17H,1-4,6-11H2,(H,16,18)/t13-,14-/m1/s1. The van der Waals surface area contributed by atoms with Gasteiger partial charge in [0.15, 0.2) is 0 Å². The Labute approximate surface area is 110 Å². The van der Waals surface area contributed by atoms with Crippen LogP contribution in [0.2, 0.25) is 0 Å². The van der Waals surface area contributed by atoms with Gasteiger partial charge in [0.2, 0.25) is 5.91 Å². The first-order valence-corrected chi connectivity index (χ1v) is 7.36. The van der Waals surface area contributed by atoms with Crippen molar-refractivity contribution in [3.8, 4) is 0 Å². The number of carbonyl (C=O) groups is 1. The number of hydrogen-bond donors (Lipinski definition) is 2. The molecule has 0 bridgehead atoms. The van der Waals surface area contributed by atoms with Gasteiger partial charge in [0.05, 0.1) is 6.10 Å². The Balaban J connectivity index is 1.66. The molecule has 18 heavy (non-hydrogen) atoms. The van der Waals surface area contributed by atoms with Gasteiger partial charge in [-0.1, -0.05) is 18.1 Å². The van der Waals surface area contributed by atoms with E-state index < -0.39 is 0 Å². The summed E-state index contributed by atoms with van der Waals surface area (Å²) >= 11 is 0. The van der Waals surface area contributed by atoms with Crippen molar-refractivity contribution in [1.82, 2.24) is 5.32 Å². The molecule has 3 heteroatoms. The van der Waals surface area contributed by atoms with E-state index in [1.165, 1.54) is 18.4 Å². The maximum atomic E-state index is 11.8. The smallest absolute Gasteiger partial charge is 0.224 e. The molecule has 0 unspecified atom stereocenters. The molecule has 3 nitrogen and oxygen atoms in total. The van der Waals surface area contributed by atoms with E-state index in [4.69, 9.17) is 0 Å². The zero-order chi connectivity index (χ0) is 12.8. The second kappa shape index (κ2) is 6.93. The number of nitrogens with one attached hydrogen (secondary N) is 1. The summed E-state index contributed by atoms with van der Waals surface area (Å²) in [4.78, 5) is 11.8.